The van der Waals surface area contributed by atoms with E-state index in [0.29, 0.717) is 38.9 Å². The largest absolute Gasteiger partial charge is 0.421 e. The molecule has 6 nitrogen and oxygen atoms in total. The van der Waals surface area contributed by atoms with Gasteiger partial charge in [-0.3, -0.25) is 4.79 Å². The number of hydrogen-bond acceptors (Lipinski definition) is 5. The summed E-state index contributed by atoms with van der Waals surface area (Å²) in [6.45, 7) is 3.56. The van der Waals surface area contributed by atoms with Crippen LogP contribution in [0.15, 0.2) is 46.9 Å². The molecule has 1 atom stereocenters. The summed E-state index contributed by atoms with van der Waals surface area (Å²) in [5, 5.41) is 17.9. The fourth-order valence-corrected chi connectivity index (χ4v) is 4.00. The molecule has 0 aliphatic carbocycles. The molecule has 3 aromatic rings. The van der Waals surface area contributed by atoms with Gasteiger partial charge in [-0.2, -0.15) is 13.2 Å². The number of carbonyl (C=O) groups is 1. The Bertz CT molecular complexity index is 1120. The molecule has 4 rings (SSSR count). The van der Waals surface area contributed by atoms with E-state index in [1.807, 2.05) is 0 Å². The number of amides is 1. The Morgan fingerprint density at radius 1 is 1.06 bits per heavy atom. The van der Waals surface area contributed by atoms with E-state index in [-0.39, 0.29) is 12.1 Å². The van der Waals surface area contributed by atoms with Crippen LogP contribution in [0.5, 0.6) is 0 Å². The van der Waals surface area contributed by atoms with E-state index in [4.69, 9.17) is 4.42 Å². The van der Waals surface area contributed by atoms with Gasteiger partial charge in [-0.15, -0.1) is 10.2 Å². The molecule has 9 heteroatoms. The molecule has 31 heavy (non-hydrogen) atoms. The summed E-state index contributed by atoms with van der Waals surface area (Å²) in [5.41, 5.74) is 0.415. The molecule has 1 aliphatic heterocycles. The van der Waals surface area contributed by atoms with Crippen molar-refractivity contribution >= 4 is 5.91 Å². The van der Waals surface area contributed by atoms with E-state index in [1.165, 1.54) is 0 Å². The van der Waals surface area contributed by atoms with Crippen molar-refractivity contribution in [2.45, 2.75) is 45.1 Å². The Hall–Kier alpha value is -3.20. The molecule has 0 unspecified atom stereocenters. The van der Waals surface area contributed by atoms with Gasteiger partial charge in [0, 0.05) is 19.0 Å². The number of aryl methyl sites for hydroxylation is 1. The molecular weight excluding hydrogens is 411 g/mol. The Morgan fingerprint density at radius 2 is 1.71 bits per heavy atom. The molecule has 1 N–H and O–H groups in total. The SMILES string of the molecule is Cc1nnc(-c2ccc(-c3cccc4c3C(=O)N([C@H](C(C)(C)O)C(F)(F)F)C4)cc2)o1. The molecule has 2 aromatic carbocycles. The van der Waals surface area contributed by atoms with Gasteiger partial charge in [-0.1, -0.05) is 30.3 Å². The first kappa shape index (κ1) is 21.0. The highest BCUT2D eigenvalue weighted by Crippen LogP contribution is 2.40. The first-order valence-corrected chi connectivity index (χ1v) is 9.59. The molecular formula is C22H20F3N3O3. The van der Waals surface area contributed by atoms with Crippen LogP contribution in [0, 0.1) is 6.92 Å². The van der Waals surface area contributed by atoms with Gasteiger partial charge in [-0.05, 0) is 42.7 Å². The summed E-state index contributed by atoms with van der Waals surface area (Å²) < 4.78 is 46.6. The fourth-order valence-electron chi connectivity index (χ4n) is 4.00. The number of aromatic nitrogens is 2. The minimum Gasteiger partial charge on any atom is -0.421 e. The molecule has 0 spiro atoms. The van der Waals surface area contributed by atoms with Crippen molar-refractivity contribution in [1.82, 2.24) is 15.1 Å². The summed E-state index contributed by atoms with van der Waals surface area (Å²) in [6.07, 6.45) is -4.78. The normalized spacial score (nSPS) is 15.3. The Balaban J connectivity index is 1.71. The molecule has 0 fully saturated rings. The van der Waals surface area contributed by atoms with Crippen molar-refractivity contribution in [2.24, 2.45) is 0 Å². The van der Waals surface area contributed by atoms with Crippen LogP contribution >= 0.6 is 0 Å². The van der Waals surface area contributed by atoms with Crippen molar-refractivity contribution in [1.29, 1.82) is 0 Å². The van der Waals surface area contributed by atoms with Crippen molar-refractivity contribution in [2.75, 3.05) is 0 Å². The number of alkyl halides is 3. The molecule has 0 radical (unpaired) electrons. The monoisotopic (exact) mass is 431 g/mol. The van der Waals surface area contributed by atoms with Gasteiger partial charge in [0.2, 0.25) is 11.8 Å². The lowest BCUT2D eigenvalue weighted by Gasteiger charge is -2.37. The van der Waals surface area contributed by atoms with Gasteiger partial charge >= 0.3 is 6.18 Å². The van der Waals surface area contributed by atoms with Crippen LogP contribution in [-0.2, 0) is 6.54 Å². The van der Waals surface area contributed by atoms with Crippen molar-refractivity contribution < 1.29 is 27.5 Å². The zero-order chi connectivity index (χ0) is 22.6. The number of hydrogen-bond donors (Lipinski definition) is 1. The van der Waals surface area contributed by atoms with Crippen LogP contribution in [0.3, 0.4) is 0 Å². The molecule has 1 amide bonds. The molecule has 0 bridgehead atoms. The van der Waals surface area contributed by atoms with Crippen LogP contribution in [0.1, 0.15) is 35.7 Å². The average Bonchev–Trinajstić information content (AvgIpc) is 3.24. The number of aliphatic hydroxyl groups is 1. The summed E-state index contributed by atoms with van der Waals surface area (Å²) in [7, 11) is 0. The second-order valence-electron chi connectivity index (χ2n) is 8.07. The van der Waals surface area contributed by atoms with E-state index in [9.17, 15) is 23.1 Å². The lowest BCUT2D eigenvalue weighted by molar-refractivity contribution is -0.219. The Kier molecular flexibility index (Phi) is 4.88. The summed E-state index contributed by atoms with van der Waals surface area (Å²) in [6, 6.07) is 9.68. The molecule has 0 saturated heterocycles. The highest BCUT2D eigenvalue weighted by Gasteiger charge is 2.55. The zero-order valence-electron chi connectivity index (χ0n) is 17.1. The zero-order valence-corrected chi connectivity index (χ0v) is 17.1. The number of halogens is 3. The van der Waals surface area contributed by atoms with Crippen LogP contribution in [0.4, 0.5) is 13.2 Å². The maximum absolute atomic E-state index is 13.7. The van der Waals surface area contributed by atoms with Gasteiger partial charge in [0.15, 0.2) is 6.04 Å². The third kappa shape index (κ3) is 3.81. The van der Waals surface area contributed by atoms with Gasteiger partial charge in [0.1, 0.15) is 0 Å². The van der Waals surface area contributed by atoms with Crippen molar-refractivity contribution in [3.05, 3.63) is 59.5 Å². The number of rotatable bonds is 4. The van der Waals surface area contributed by atoms with Gasteiger partial charge < -0.3 is 14.4 Å². The summed E-state index contributed by atoms with van der Waals surface area (Å²) in [5.74, 6) is 0.0195. The molecule has 0 saturated carbocycles. The minimum atomic E-state index is -4.78. The number of fused-ring (bicyclic) bond motifs is 1. The summed E-state index contributed by atoms with van der Waals surface area (Å²) >= 11 is 0. The van der Waals surface area contributed by atoms with Crippen LogP contribution < -0.4 is 0 Å². The predicted octanol–water partition coefficient (Wildman–Crippen LogP) is 4.37. The lowest BCUT2D eigenvalue weighted by Crippen LogP contribution is -2.57. The maximum Gasteiger partial charge on any atom is 0.411 e. The minimum absolute atomic E-state index is 0.211. The van der Waals surface area contributed by atoms with Gasteiger partial charge in [-0.25, -0.2) is 0 Å². The van der Waals surface area contributed by atoms with Gasteiger partial charge in [0.05, 0.1) is 11.2 Å². The third-order valence-electron chi connectivity index (χ3n) is 5.23. The topological polar surface area (TPSA) is 79.5 Å². The van der Waals surface area contributed by atoms with E-state index in [2.05, 4.69) is 10.2 Å². The van der Waals surface area contributed by atoms with Crippen LogP contribution in [0.2, 0.25) is 0 Å². The quantitative estimate of drug-likeness (QED) is 0.664. The maximum atomic E-state index is 13.7. The van der Waals surface area contributed by atoms with E-state index < -0.39 is 23.7 Å². The third-order valence-corrected chi connectivity index (χ3v) is 5.23. The summed E-state index contributed by atoms with van der Waals surface area (Å²) in [4.78, 5) is 13.8. The van der Waals surface area contributed by atoms with E-state index in [0.717, 1.165) is 13.8 Å². The number of nitrogens with zero attached hydrogens (tertiary/aromatic N) is 3. The molecule has 162 valence electrons. The number of carbonyl (C=O) groups excluding carboxylic acids is 1. The fraction of sp³-hybridized carbons (Fsp3) is 0.318. The average molecular weight is 431 g/mol. The van der Waals surface area contributed by atoms with E-state index >= 15 is 0 Å². The lowest BCUT2D eigenvalue weighted by atomic mass is 9.95. The highest BCUT2D eigenvalue weighted by atomic mass is 19.4. The van der Waals surface area contributed by atoms with Crippen LogP contribution in [0.25, 0.3) is 22.6 Å². The second kappa shape index (κ2) is 7.19. The number of benzene rings is 2. The molecule has 2 heterocycles. The van der Waals surface area contributed by atoms with Crippen molar-refractivity contribution in [3.63, 3.8) is 0 Å². The smallest absolute Gasteiger partial charge is 0.411 e. The first-order chi connectivity index (χ1) is 14.5. The van der Waals surface area contributed by atoms with Crippen molar-refractivity contribution in [3.8, 4) is 22.6 Å². The highest BCUT2D eigenvalue weighted by molar-refractivity contribution is 6.04. The predicted molar refractivity (Wildman–Crippen MR) is 106 cm³/mol. The Labute approximate surface area is 176 Å². The van der Waals surface area contributed by atoms with Crippen LogP contribution in [-0.4, -0.2) is 43.9 Å². The van der Waals surface area contributed by atoms with E-state index in [1.54, 1.807) is 49.4 Å². The standard InChI is InChI=1S/C22H20F3N3O3/c1-12-26-27-18(31-12)14-9-7-13(8-10-14)16-6-4-5-15-11-28(19(29)17(15)16)20(21(2,3)30)22(23,24)25/h4-10,20,30H,11H2,1-3H3/t20-/m1/s1. The second-order valence-corrected chi connectivity index (χ2v) is 8.07. The Morgan fingerprint density at radius 3 is 2.26 bits per heavy atom. The molecule has 1 aromatic heterocycles. The molecule has 1 aliphatic rings. The first-order valence-electron chi connectivity index (χ1n) is 9.59. The van der Waals surface area contributed by atoms with Gasteiger partial charge in [0.25, 0.3) is 5.91 Å².